The van der Waals surface area contributed by atoms with Gasteiger partial charge in [-0.2, -0.15) is 0 Å². The van der Waals surface area contributed by atoms with Crippen molar-refractivity contribution in [2.45, 2.75) is 26.0 Å². The number of amides is 1. The standard InChI is InChI=1S/C26H22N2O5/c1-16(2)33-26(32)18-11-8-12-19(15-18)28-22(20-13-6-7-14-27-20)21(24(30)25(28)31)23(29)17-9-4-3-5-10-17/h3-16,22,29H,1-2H3/b23-21+. The third-order valence-corrected chi connectivity index (χ3v) is 5.16. The maximum absolute atomic E-state index is 13.2. The summed E-state index contributed by atoms with van der Waals surface area (Å²) in [7, 11) is 0. The number of ether oxygens (including phenoxy) is 1. The number of carbonyl (C=O) groups excluding carboxylic acids is 3. The number of ketones is 1. The van der Waals surface area contributed by atoms with Crippen LogP contribution in [-0.2, 0) is 14.3 Å². The van der Waals surface area contributed by atoms with Gasteiger partial charge in [0, 0.05) is 17.4 Å². The van der Waals surface area contributed by atoms with Crippen molar-refractivity contribution in [2.24, 2.45) is 0 Å². The average Bonchev–Trinajstić information content (AvgIpc) is 3.10. The molecule has 7 nitrogen and oxygen atoms in total. The quantitative estimate of drug-likeness (QED) is 0.274. The number of aromatic nitrogens is 1. The molecule has 3 aromatic rings. The van der Waals surface area contributed by atoms with Crippen molar-refractivity contribution in [1.29, 1.82) is 0 Å². The minimum atomic E-state index is -0.970. The third-order valence-electron chi connectivity index (χ3n) is 5.16. The van der Waals surface area contributed by atoms with Crippen LogP contribution in [0.15, 0.2) is 84.6 Å². The van der Waals surface area contributed by atoms with Crippen LogP contribution in [0, 0.1) is 0 Å². The lowest BCUT2D eigenvalue weighted by Crippen LogP contribution is -2.30. The molecule has 0 aliphatic carbocycles. The molecule has 7 heteroatoms. The van der Waals surface area contributed by atoms with Crippen molar-refractivity contribution in [3.05, 3.63) is 101 Å². The van der Waals surface area contributed by atoms with E-state index in [4.69, 9.17) is 4.74 Å². The van der Waals surface area contributed by atoms with E-state index in [0.717, 1.165) is 0 Å². The van der Waals surface area contributed by atoms with Crippen molar-refractivity contribution in [3.8, 4) is 0 Å². The van der Waals surface area contributed by atoms with Crippen LogP contribution < -0.4 is 4.90 Å². The first-order valence-corrected chi connectivity index (χ1v) is 10.5. The zero-order valence-corrected chi connectivity index (χ0v) is 18.1. The number of benzene rings is 2. The van der Waals surface area contributed by atoms with Gasteiger partial charge in [0.25, 0.3) is 11.7 Å². The van der Waals surface area contributed by atoms with Crippen LogP contribution in [0.25, 0.3) is 5.76 Å². The first kappa shape index (κ1) is 22.0. The summed E-state index contributed by atoms with van der Waals surface area (Å²) in [5.41, 5.74) is 1.30. The lowest BCUT2D eigenvalue weighted by atomic mass is 9.98. The van der Waals surface area contributed by atoms with E-state index in [-0.39, 0.29) is 23.0 Å². The lowest BCUT2D eigenvalue weighted by Gasteiger charge is -2.25. The summed E-state index contributed by atoms with van der Waals surface area (Å²) < 4.78 is 5.26. The molecule has 1 amide bonds. The number of hydrogen-bond donors (Lipinski definition) is 1. The fraction of sp³-hybridized carbons (Fsp3) is 0.154. The molecule has 1 aliphatic rings. The fourth-order valence-corrected chi connectivity index (χ4v) is 3.73. The van der Waals surface area contributed by atoms with E-state index in [9.17, 15) is 19.5 Å². The predicted molar refractivity (Wildman–Crippen MR) is 122 cm³/mol. The van der Waals surface area contributed by atoms with Crippen molar-refractivity contribution >= 4 is 29.1 Å². The lowest BCUT2D eigenvalue weighted by molar-refractivity contribution is -0.132. The summed E-state index contributed by atoms with van der Waals surface area (Å²) in [6.45, 7) is 3.48. The molecule has 1 atom stereocenters. The second kappa shape index (κ2) is 9.08. The molecule has 2 aromatic carbocycles. The van der Waals surface area contributed by atoms with E-state index in [0.29, 0.717) is 16.9 Å². The van der Waals surface area contributed by atoms with Gasteiger partial charge in [0.2, 0.25) is 0 Å². The number of esters is 1. The van der Waals surface area contributed by atoms with Crippen LogP contribution in [0.4, 0.5) is 5.69 Å². The number of rotatable bonds is 5. The van der Waals surface area contributed by atoms with Crippen LogP contribution in [0.5, 0.6) is 0 Å². The summed E-state index contributed by atoms with van der Waals surface area (Å²) in [5.74, 6) is -2.48. The average molecular weight is 442 g/mol. The third kappa shape index (κ3) is 4.25. The zero-order valence-electron chi connectivity index (χ0n) is 18.1. The normalized spacial score (nSPS) is 17.4. The highest BCUT2D eigenvalue weighted by atomic mass is 16.5. The van der Waals surface area contributed by atoms with Gasteiger partial charge in [-0.1, -0.05) is 42.5 Å². The fourth-order valence-electron chi connectivity index (χ4n) is 3.73. The Kier molecular flexibility index (Phi) is 6.04. The van der Waals surface area contributed by atoms with Crippen LogP contribution >= 0.6 is 0 Å². The van der Waals surface area contributed by atoms with Gasteiger partial charge in [0.15, 0.2) is 0 Å². The largest absolute Gasteiger partial charge is 0.507 e. The Morgan fingerprint density at radius 3 is 2.33 bits per heavy atom. The number of pyridine rings is 1. The van der Waals surface area contributed by atoms with Gasteiger partial charge in [-0.25, -0.2) is 4.79 Å². The first-order valence-electron chi connectivity index (χ1n) is 10.5. The summed E-state index contributed by atoms with van der Waals surface area (Å²) in [4.78, 5) is 44.3. The zero-order chi connectivity index (χ0) is 23.5. The van der Waals surface area contributed by atoms with Gasteiger partial charge in [-0.15, -0.1) is 0 Å². The van der Waals surface area contributed by atoms with Crippen LogP contribution in [0.3, 0.4) is 0 Å². The molecule has 2 heterocycles. The molecule has 1 saturated heterocycles. The van der Waals surface area contributed by atoms with E-state index >= 15 is 0 Å². The van der Waals surface area contributed by atoms with Crippen LogP contribution in [0.1, 0.15) is 41.5 Å². The van der Waals surface area contributed by atoms with Crippen molar-refractivity contribution in [3.63, 3.8) is 0 Å². The molecule has 1 aromatic heterocycles. The molecule has 4 rings (SSSR count). The number of nitrogens with zero attached hydrogens (tertiary/aromatic N) is 2. The summed E-state index contributed by atoms with van der Waals surface area (Å²) in [6, 6.07) is 19.0. The number of aliphatic hydroxyl groups excluding tert-OH is 1. The molecule has 166 valence electrons. The Hall–Kier alpha value is -4.26. The minimum absolute atomic E-state index is 0.0694. The van der Waals surface area contributed by atoms with Gasteiger partial charge in [0.05, 0.1) is 22.9 Å². The topological polar surface area (TPSA) is 96.8 Å². The van der Waals surface area contributed by atoms with E-state index < -0.39 is 23.7 Å². The Morgan fingerprint density at radius 2 is 1.67 bits per heavy atom. The van der Waals surface area contributed by atoms with Gasteiger partial charge < -0.3 is 9.84 Å². The van der Waals surface area contributed by atoms with Gasteiger partial charge in [-0.3, -0.25) is 19.5 Å². The van der Waals surface area contributed by atoms with Gasteiger partial charge in [-0.05, 0) is 44.2 Å². The van der Waals surface area contributed by atoms with Crippen molar-refractivity contribution < 1.29 is 24.2 Å². The molecule has 1 N–H and O–H groups in total. The molecule has 0 spiro atoms. The van der Waals surface area contributed by atoms with Crippen molar-refractivity contribution in [1.82, 2.24) is 4.98 Å². The highest BCUT2D eigenvalue weighted by molar-refractivity contribution is 6.51. The molecule has 1 aliphatic heterocycles. The molecular formula is C26H22N2O5. The van der Waals surface area contributed by atoms with Crippen molar-refractivity contribution in [2.75, 3.05) is 4.90 Å². The number of hydrogen-bond acceptors (Lipinski definition) is 6. The summed E-state index contributed by atoms with van der Waals surface area (Å²) >= 11 is 0. The smallest absolute Gasteiger partial charge is 0.338 e. The SMILES string of the molecule is CC(C)OC(=O)c1cccc(N2C(=O)C(=O)/C(=C(/O)c3ccccc3)C2c2ccccn2)c1. The van der Waals surface area contributed by atoms with E-state index in [2.05, 4.69) is 4.98 Å². The Bertz CT molecular complexity index is 1240. The Balaban J connectivity index is 1.87. The maximum atomic E-state index is 13.2. The molecular weight excluding hydrogens is 420 g/mol. The maximum Gasteiger partial charge on any atom is 0.338 e. The summed E-state index contributed by atoms with van der Waals surface area (Å²) in [6.07, 6.45) is 1.24. The minimum Gasteiger partial charge on any atom is -0.507 e. The van der Waals surface area contributed by atoms with Crippen LogP contribution in [0.2, 0.25) is 0 Å². The number of carbonyl (C=O) groups is 3. The second-order valence-electron chi connectivity index (χ2n) is 7.79. The highest BCUT2D eigenvalue weighted by Crippen LogP contribution is 2.41. The van der Waals surface area contributed by atoms with Crippen LogP contribution in [-0.4, -0.2) is 33.9 Å². The molecule has 1 fully saturated rings. The molecule has 33 heavy (non-hydrogen) atoms. The van der Waals surface area contributed by atoms with E-state index in [1.165, 1.54) is 11.0 Å². The van der Waals surface area contributed by atoms with E-state index in [1.54, 1.807) is 86.8 Å². The molecule has 0 radical (unpaired) electrons. The number of anilines is 1. The monoisotopic (exact) mass is 442 g/mol. The molecule has 0 bridgehead atoms. The molecule has 0 saturated carbocycles. The Morgan fingerprint density at radius 1 is 0.970 bits per heavy atom. The first-order chi connectivity index (χ1) is 15.9. The van der Waals surface area contributed by atoms with Gasteiger partial charge >= 0.3 is 5.97 Å². The number of Topliss-reactive ketones (excluding diaryl/α,β-unsaturated/α-hetero) is 1. The highest BCUT2D eigenvalue weighted by Gasteiger charge is 2.47. The molecule has 1 unspecified atom stereocenters. The Labute approximate surface area is 191 Å². The van der Waals surface area contributed by atoms with Gasteiger partial charge in [0.1, 0.15) is 11.8 Å². The number of aliphatic hydroxyl groups is 1. The predicted octanol–water partition coefficient (Wildman–Crippen LogP) is 4.27. The summed E-state index contributed by atoms with van der Waals surface area (Å²) in [5, 5.41) is 11.0. The van der Waals surface area contributed by atoms with E-state index in [1.807, 2.05) is 0 Å². The second-order valence-corrected chi connectivity index (χ2v) is 7.79.